The van der Waals surface area contributed by atoms with Crippen molar-refractivity contribution >= 4 is 39.9 Å². The number of aromatic amines is 1. The monoisotopic (exact) mass is 390 g/mol. The second-order valence-corrected chi connectivity index (χ2v) is 7.69. The van der Waals surface area contributed by atoms with Crippen molar-refractivity contribution in [2.24, 2.45) is 4.99 Å². The summed E-state index contributed by atoms with van der Waals surface area (Å²) in [6, 6.07) is 16.1. The minimum Gasteiger partial charge on any atom is -0.345 e. The zero-order valence-electron chi connectivity index (χ0n) is 15.8. The van der Waals surface area contributed by atoms with Gasteiger partial charge in [0, 0.05) is 6.54 Å². The predicted molar refractivity (Wildman–Crippen MR) is 116 cm³/mol. The van der Waals surface area contributed by atoms with Crippen molar-refractivity contribution in [3.8, 4) is 0 Å². The Morgan fingerprint density at radius 1 is 1.21 bits per heavy atom. The van der Waals surface area contributed by atoms with Crippen LogP contribution in [0.2, 0.25) is 0 Å². The van der Waals surface area contributed by atoms with E-state index in [1.54, 1.807) is 6.33 Å². The average Bonchev–Trinajstić information content (AvgIpc) is 3.30. The summed E-state index contributed by atoms with van der Waals surface area (Å²) in [5.74, 6) is 0.0346. The lowest BCUT2D eigenvalue weighted by atomic mass is 10.2. The molecule has 0 aliphatic carbocycles. The van der Waals surface area contributed by atoms with Crippen LogP contribution in [-0.4, -0.2) is 32.5 Å². The van der Waals surface area contributed by atoms with E-state index in [2.05, 4.69) is 29.0 Å². The van der Waals surface area contributed by atoms with Crippen molar-refractivity contribution in [1.82, 2.24) is 14.9 Å². The first kappa shape index (κ1) is 18.5. The van der Waals surface area contributed by atoms with E-state index in [4.69, 9.17) is 4.99 Å². The van der Waals surface area contributed by atoms with Gasteiger partial charge in [0.2, 0.25) is 0 Å². The average molecular weight is 391 g/mol. The van der Waals surface area contributed by atoms with Gasteiger partial charge in [-0.3, -0.25) is 14.7 Å². The minimum absolute atomic E-state index is 0.0346. The van der Waals surface area contributed by atoms with E-state index in [1.165, 1.54) is 11.8 Å². The van der Waals surface area contributed by atoms with Crippen LogP contribution in [0.1, 0.15) is 30.9 Å². The van der Waals surface area contributed by atoms with Gasteiger partial charge in [0.1, 0.15) is 0 Å². The molecule has 28 heavy (non-hydrogen) atoms. The quantitative estimate of drug-likeness (QED) is 0.613. The number of benzene rings is 2. The number of imidazole rings is 1. The molecule has 0 unspecified atom stereocenters. The molecule has 3 aromatic rings. The number of fused-ring (bicyclic) bond motifs is 1. The summed E-state index contributed by atoms with van der Waals surface area (Å²) in [6.45, 7) is 3.40. The van der Waals surface area contributed by atoms with Crippen molar-refractivity contribution in [1.29, 1.82) is 0 Å². The molecule has 2 heterocycles. The second-order valence-electron chi connectivity index (χ2n) is 6.68. The molecule has 1 saturated heterocycles. The van der Waals surface area contributed by atoms with Gasteiger partial charge in [-0.2, -0.15) is 0 Å². The molecule has 1 amide bonds. The lowest BCUT2D eigenvalue weighted by molar-refractivity contribution is -0.122. The molecule has 2 aromatic carbocycles. The van der Waals surface area contributed by atoms with Crippen LogP contribution in [-0.2, 0) is 11.3 Å². The third-order valence-corrected chi connectivity index (χ3v) is 5.65. The van der Waals surface area contributed by atoms with E-state index >= 15 is 0 Å². The highest BCUT2D eigenvalue weighted by Crippen LogP contribution is 2.33. The molecule has 0 atom stereocenters. The zero-order valence-corrected chi connectivity index (χ0v) is 16.6. The number of aromatic nitrogens is 2. The number of hydrogen-bond acceptors (Lipinski definition) is 4. The molecule has 142 valence electrons. The first-order valence-corrected chi connectivity index (χ1v) is 10.3. The van der Waals surface area contributed by atoms with Gasteiger partial charge < -0.3 is 4.98 Å². The number of hydrogen-bond donors (Lipinski definition) is 1. The zero-order chi connectivity index (χ0) is 19.3. The Hall–Kier alpha value is -2.86. The fraction of sp³-hybridized carbons (Fsp3) is 0.227. The Balaban J connectivity index is 1.60. The lowest BCUT2D eigenvalue weighted by Crippen LogP contribution is -2.30. The Morgan fingerprint density at radius 2 is 2.07 bits per heavy atom. The van der Waals surface area contributed by atoms with Gasteiger partial charge in [0.15, 0.2) is 5.17 Å². The van der Waals surface area contributed by atoms with E-state index in [0.717, 1.165) is 40.2 Å². The van der Waals surface area contributed by atoms with Crippen LogP contribution >= 0.6 is 11.8 Å². The fourth-order valence-corrected chi connectivity index (χ4v) is 4.07. The molecule has 1 aromatic heterocycles. The van der Waals surface area contributed by atoms with Crippen LogP contribution in [0.3, 0.4) is 0 Å². The van der Waals surface area contributed by atoms with E-state index in [1.807, 2.05) is 47.4 Å². The van der Waals surface area contributed by atoms with E-state index in [0.29, 0.717) is 18.0 Å². The van der Waals surface area contributed by atoms with Gasteiger partial charge in [-0.1, -0.05) is 49.7 Å². The number of amidine groups is 1. The van der Waals surface area contributed by atoms with Crippen molar-refractivity contribution < 1.29 is 4.79 Å². The molecular weight excluding hydrogens is 368 g/mol. The van der Waals surface area contributed by atoms with Crippen LogP contribution in [0, 0.1) is 0 Å². The minimum atomic E-state index is 0.0346. The first-order valence-electron chi connectivity index (χ1n) is 9.47. The highest BCUT2D eigenvalue weighted by molar-refractivity contribution is 8.18. The van der Waals surface area contributed by atoms with Crippen molar-refractivity contribution in [3.05, 3.63) is 70.9 Å². The van der Waals surface area contributed by atoms with Crippen molar-refractivity contribution in [3.63, 3.8) is 0 Å². The van der Waals surface area contributed by atoms with Crippen molar-refractivity contribution in [2.45, 2.75) is 26.3 Å². The van der Waals surface area contributed by atoms with E-state index in [-0.39, 0.29) is 5.91 Å². The first-order chi connectivity index (χ1) is 13.7. The van der Waals surface area contributed by atoms with Crippen LogP contribution in [0.5, 0.6) is 0 Å². The van der Waals surface area contributed by atoms with Gasteiger partial charge in [-0.05, 0) is 47.5 Å². The molecule has 6 heteroatoms. The third kappa shape index (κ3) is 4.02. The van der Waals surface area contributed by atoms with E-state index in [9.17, 15) is 4.79 Å². The van der Waals surface area contributed by atoms with Gasteiger partial charge in [0.05, 0.1) is 28.8 Å². The summed E-state index contributed by atoms with van der Waals surface area (Å²) in [4.78, 5) is 27.6. The van der Waals surface area contributed by atoms with E-state index < -0.39 is 0 Å². The summed E-state index contributed by atoms with van der Waals surface area (Å²) in [7, 11) is 0. The number of thioether (sulfide) groups is 1. The standard InChI is InChI=1S/C22H22N4OS/c1-2-3-11-26-21(27)20(13-17-9-10-18-19(12-17)25-15-24-18)28-22(26)23-14-16-7-5-4-6-8-16/h4-10,12-13,15H,2-3,11,14H2,1H3,(H,24,25)/b20-13-,23-22-. The van der Waals surface area contributed by atoms with Gasteiger partial charge in [-0.15, -0.1) is 0 Å². The second kappa shape index (κ2) is 8.44. The van der Waals surface area contributed by atoms with Crippen LogP contribution in [0.15, 0.2) is 64.8 Å². The lowest BCUT2D eigenvalue weighted by Gasteiger charge is -2.14. The SMILES string of the molecule is CCCCN1C(=O)/C(=C/c2ccc3[nH]cnc3c2)S/C1=N\Cc1ccccc1. The number of carbonyl (C=O) groups is 1. The molecule has 0 bridgehead atoms. The summed E-state index contributed by atoms with van der Waals surface area (Å²) in [5.41, 5.74) is 3.99. The highest BCUT2D eigenvalue weighted by Gasteiger charge is 2.32. The van der Waals surface area contributed by atoms with Crippen LogP contribution in [0.4, 0.5) is 0 Å². The number of H-pyrrole nitrogens is 1. The van der Waals surface area contributed by atoms with Crippen molar-refractivity contribution in [2.75, 3.05) is 6.54 Å². The summed E-state index contributed by atoms with van der Waals surface area (Å²) in [5, 5.41) is 0.786. The number of rotatable bonds is 6. The molecule has 0 radical (unpaired) electrons. The molecule has 1 aliphatic heterocycles. The van der Waals surface area contributed by atoms with Crippen LogP contribution < -0.4 is 0 Å². The summed E-state index contributed by atoms with van der Waals surface area (Å²) in [6.07, 6.45) is 5.61. The normalized spacial score (nSPS) is 17.3. The van der Waals surface area contributed by atoms with Gasteiger partial charge in [0.25, 0.3) is 5.91 Å². The topological polar surface area (TPSA) is 61.4 Å². The summed E-state index contributed by atoms with van der Waals surface area (Å²) < 4.78 is 0. The number of nitrogens with zero attached hydrogens (tertiary/aromatic N) is 3. The fourth-order valence-electron chi connectivity index (χ4n) is 3.07. The van der Waals surface area contributed by atoms with Gasteiger partial charge in [-0.25, -0.2) is 4.98 Å². The molecular formula is C22H22N4OS. The Kier molecular flexibility index (Phi) is 5.58. The smallest absolute Gasteiger partial charge is 0.266 e. The maximum absolute atomic E-state index is 13.0. The molecule has 1 aliphatic rings. The highest BCUT2D eigenvalue weighted by atomic mass is 32.2. The van der Waals surface area contributed by atoms with Crippen LogP contribution in [0.25, 0.3) is 17.1 Å². The Bertz CT molecular complexity index is 1040. The molecule has 0 spiro atoms. The molecule has 5 nitrogen and oxygen atoms in total. The largest absolute Gasteiger partial charge is 0.345 e. The third-order valence-electron chi connectivity index (χ3n) is 4.61. The number of unbranched alkanes of at least 4 members (excludes halogenated alkanes) is 1. The molecule has 0 saturated carbocycles. The maximum Gasteiger partial charge on any atom is 0.266 e. The number of nitrogens with one attached hydrogen (secondary N) is 1. The molecule has 1 N–H and O–H groups in total. The molecule has 1 fully saturated rings. The Morgan fingerprint density at radius 3 is 2.89 bits per heavy atom. The number of amides is 1. The summed E-state index contributed by atoms with van der Waals surface area (Å²) >= 11 is 1.46. The number of carbonyl (C=O) groups excluding carboxylic acids is 1. The maximum atomic E-state index is 13.0. The number of aliphatic imine (C=N–C) groups is 1. The molecule has 4 rings (SSSR count). The predicted octanol–water partition coefficient (Wildman–Crippen LogP) is 4.84. The van der Waals surface area contributed by atoms with Gasteiger partial charge >= 0.3 is 0 Å². The Labute approximate surface area is 168 Å².